The van der Waals surface area contributed by atoms with Crippen LogP contribution in [0.4, 0.5) is 27.9 Å². The van der Waals surface area contributed by atoms with Crippen LogP contribution in [0, 0.1) is 0 Å². The van der Waals surface area contributed by atoms with Gasteiger partial charge in [0.25, 0.3) is 0 Å². The summed E-state index contributed by atoms with van der Waals surface area (Å²) in [5.41, 5.74) is 3.13. The zero-order valence-corrected chi connectivity index (χ0v) is 19.9. The lowest BCUT2D eigenvalue weighted by Crippen LogP contribution is -2.44. The first-order valence-corrected chi connectivity index (χ1v) is 11.9. The highest BCUT2D eigenvalue weighted by atomic mass is 16.5. The van der Waals surface area contributed by atoms with Crippen molar-refractivity contribution in [1.82, 2.24) is 19.9 Å². The summed E-state index contributed by atoms with van der Waals surface area (Å²) in [5.74, 6) is 1.64. The minimum Gasteiger partial charge on any atom is -0.378 e. The van der Waals surface area contributed by atoms with E-state index in [1.165, 1.54) is 0 Å². The molecular formula is C25H30N8O2. The number of benzene rings is 1. The van der Waals surface area contributed by atoms with E-state index in [9.17, 15) is 4.79 Å². The van der Waals surface area contributed by atoms with Crippen molar-refractivity contribution in [2.24, 2.45) is 0 Å². The van der Waals surface area contributed by atoms with Gasteiger partial charge < -0.3 is 30.1 Å². The summed E-state index contributed by atoms with van der Waals surface area (Å²) in [6, 6.07) is 13.0. The molecule has 35 heavy (non-hydrogen) atoms. The lowest BCUT2D eigenvalue weighted by atomic mass is 10.1. The Bertz CT molecular complexity index is 1120. The number of pyridine rings is 1. The minimum absolute atomic E-state index is 0.316. The van der Waals surface area contributed by atoms with E-state index >= 15 is 0 Å². The Balaban J connectivity index is 1.16. The van der Waals surface area contributed by atoms with Crippen LogP contribution >= 0.6 is 0 Å². The molecule has 0 spiro atoms. The van der Waals surface area contributed by atoms with Gasteiger partial charge in [-0.15, -0.1) is 0 Å². The van der Waals surface area contributed by atoms with E-state index in [2.05, 4.69) is 42.3 Å². The van der Waals surface area contributed by atoms with Crippen molar-refractivity contribution >= 4 is 29.2 Å². The summed E-state index contributed by atoms with van der Waals surface area (Å²) in [6.07, 6.45) is 3.47. The first kappa shape index (κ1) is 23.0. The van der Waals surface area contributed by atoms with E-state index < -0.39 is 0 Å². The number of carbonyl (C=O) groups is 1. The summed E-state index contributed by atoms with van der Waals surface area (Å²) in [5, 5.41) is 5.71. The standard InChI is InChI=1S/C25H30N8O2/c1-31-10-12-32(13-11-31)23-7-6-21(18-27-23)29-25(34)28-20-4-2-19(3-5-20)22-8-9-26-24(30-22)33-14-16-35-17-15-33/h2-9,18H,10-17H2,1H3,(H2,28,29,34). The van der Waals surface area contributed by atoms with Crippen molar-refractivity contribution in [1.29, 1.82) is 0 Å². The molecule has 2 N–H and O–H groups in total. The van der Waals surface area contributed by atoms with Gasteiger partial charge in [-0.3, -0.25) is 0 Å². The first-order chi connectivity index (χ1) is 17.1. The molecule has 2 saturated heterocycles. The molecule has 3 aromatic rings. The fourth-order valence-electron chi connectivity index (χ4n) is 4.13. The molecule has 1 aromatic carbocycles. The minimum atomic E-state index is -0.316. The number of amides is 2. The fourth-order valence-corrected chi connectivity index (χ4v) is 4.13. The topological polar surface area (TPSA) is 98.8 Å². The van der Waals surface area contributed by atoms with Crippen molar-refractivity contribution in [3.8, 4) is 11.3 Å². The summed E-state index contributed by atoms with van der Waals surface area (Å²) < 4.78 is 5.41. The second-order valence-electron chi connectivity index (χ2n) is 8.69. The van der Waals surface area contributed by atoms with Crippen molar-refractivity contribution < 1.29 is 9.53 Å². The van der Waals surface area contributed by atoms with Crippen molar-refractivity contribution in [2.45, 2.75) is 0 Å². The van der Waals surface area contributed by atoms with Crippen LogP contribution in [-0.4, -0.2) is 85.4 Å². The number of likely N-dealkylation sites (N-methyl/N-ethyl adjacent to an activating group) is 1. The predicted molar refractivity (Wildman–Crippen MR) is 137 cm³/mol. The highest BCUT2D eigenvalue weighted by molar-refractivity contribution is 5.99. The Hall–Kier alpha value is -3.76. The van der Waals surface area contributed by atoms with Crippen LogP contribution in [0.1, 0.15) is 0 Å². The number of morpholine rings is 1. The van der Waals surface area contributed by atoms with Crippen LogP contribution in [0.15, 0.2) is 54.9 Å². The first-order valence-electron chi connectivity index (χ1n) is 11.9. The number of piperazine rings is 1. The van der Waals surface area contributed by atoms with E-state index in [0.717, 1.165) is 56.3 Å². The highest BCUT2D eigenvalue weighted by Gasteiger charge is 2.16. The SMILES string of the molecule is CN1CCN(c2ccc(NC(=O)Nc3ccc(-c4ccnc(N5CCOCC5)n4)cc3)cn2)CC1. The molecule has 182 valence electrons. The summed E-state index contributed by atoms with van der Waals surface area (Å²) in [6.45, 7) is 6.90. The normalized spacial score (nSPS) is 16.7. The third kappa shape index (κ3) is 5.84. The van der Waals surface area contributed by atoms with Gasteiger partial charge >= 0.3 is 6.03 Å². The Kier molecular flexibility index (Phi) is 7.01. The number of nitrogens with one attached hydrogen (secondary N) is 2. The quantitative estimate of drug-likeness (QED) is 0.583. The van der Waals surface area contributed by atoms with Gasteiger partial charge in [0.2, 0.25) is 5.95 Å². The van der Waals surface area contributed by atoms with E-state index in [1.54, 1.807) is 12.4 Å². The zero-order valence-electron chi connectivity index (χ0n) is 19.9. The van der Waals surface area contributed by atoms with Crippen LogP contribution in [0.2, 0.25) is 0 Å². The molecule has 5 rings (SSSR count). The van der Waals surface area contributed by atoms with E-state index in [4.69, 9.17) is 9.72 Å². The number of ether oxygens (including phenoxy) is 1. The van der Waals surface area contributed by atoms with Crippen molar-refractivity contribution in [3.63, 3.8) is 0 Å². The molecule has 0 radical (unpaired) electrons. The van der Waals surface area contributed by atoms with Gasteiger partial charge in [0.1, 0.15) is 5.82 Å². The molecule has 0 aliphatic carbocycles. The molecule has 4 heterocycles. The molecule has 2 aromatic heterocycles. The molecule has 2 aliphatic rings. The van der Waals surface area contributed by atoms with Crippen LogP contribution < -0.4 is 20.4 Å². The van der Waals surface area contributed by atoms with Crippen molar-refractivity contribution in [2.75, 3.05) is 80.0 Å². The molecule has 0 bridgehead atoms. The number of rotatable bonds is 5. The second-order valence-corrected chi connectivity index (χ2v) is 8.69. The van der Waals surface area contributed by atoms with E-state index in [0.29, 0.717) is 30.5 Å². The third-order valence-corrected chi connectivity index (χ3v) is 6.21. The molecule has 2 amide bonds. The van der Waals surface area contributed by atoms with Crippen LogP contribution in [0.3, 0.4) is 0 Å². The lowest BCUT2D eigenvalue weighted by Gasteiger charge is -2.33. The summed E-state index contributed by atoms with van der Waals surface area (Å²) in [4.78, 5) is 32.8. The van der Waals surface area contributed by atoms with E-state index in [1.807, 2.05) is 42.5 Å². The highest BCUT2D eigenvalue weighted by Crippen LogP contribution is 2.22. The maximum atomic E-state index is 12.5. The monoisotopic (exact) mass is 474 g/mol. The second kappa shape index (κ2) is 10.7. The molecular weight excluding hydrogens is 444 g/mol. The molecule has 0 unspecified atom stereocenters. The summed E-state index contributed by atoms with van der Waals surface area (Å²) >= 11 is 0. The number of hydrogen-bond donors (Lipinski definition) is 2. The average Bonchev–Trinajstić information content (AvgIpc) is 2.91. The largest absolute Gasteiger partial charge is 0.378 e. The number of aromatic nitrogens is 3. The number of urea groups is 1. The van der Waals surface area contributed by atoms with Crippen LogP contribution in [0.25, 0.3) is 11.3 Å². The van der Waals surface area contributed by atoms with Gasteiger partial charge in [-0.1, -0.05) is 12.1 Å². The zero-order chi connectivity index (χ0) is 24.0. The predicted octanol–water partition coefficient (Wildman–Crippen LogP) is 2.77. The third-order valence-electron chi connectivity index (χ3n) is 6.21. The van der Waals surface area contributed by atoms with Gasteiger partial charge in [-0.25, -0.2) is 19.7 Å². The lowest BCUT2D eigenvalue weighted by molar-refractivity contribution is 0.122. The molecule has 10 heteroatoms. The van der Waals surface area contributed by atoms with Gasteiger partial charge in [0.05, 0.1) is 30.8 Å². The maximum Gasteiger partial charge on any atom is 0.323 e. The molecule has 0 saturated carbocycles. The molecule has 2 fully saturated rings. The Morgan fingerprint density at radius 2 is 1.54 bits per heavy atom. The molecule has 0 atom stereocenters. The van der Waals surface area contributed by atoms with Gasteiger partial charge in [-0.2, -0.15) is 0 Å². The number of hydrogen-bond acceptors (Lipinski definition) is 8. The molecule has 10 nitrogen and oxygen atoms in total. The maximum absolute atomic E-state index is 12.5. The Labute approximate surface area is 204 Å². The van der Waals surface area contributed by atoms with Gasteiger partial charge in [0.15, 0.2) is 0 Å². The Morgan fingerprint density at radius 3 is 2.26 bits per heavy atom. The Morgan fingerprint density at radius 1 is 0.829 bits per heavy atom. The number of anilines is 4. The van der Waals surface area contributed by atoms with Crippen LogP contribution in [0.5, 0.6) is 0 Å². The van der Waals surface area contributed by atoms with Gasteiger partial charge in [-0.05, 0) is 37.4 Å². The van der Waals surface area contributed by atoms with Crippen LogP contribution in [-0.2, 0) is 4.74 Å². The van der Waals surface area contributed by atoms with Crippen molar-refractivity contribution in [3.05, 3.63) is 54.9 Å². The van der Waals surface area contributed by atoms with E-state index in [-0.39, 0.29) is 6.03 Å². The molecule has 2 aliphatic heterocycles. The fraction of sp³-hybridized carbons (Fsp3) is 0.360. The summed E-state index contributed by atoms with van der Waals surface area (Å²) in [7, 11) is 2.13. The number of nitrogens with zero attached hydrogens (tertiary/aromatic N) is 6. The number of carbonyl (C=O) groups excluding carboxylic acids is 1. The van der Waals surface area contributed by atoms with Gasteiger partial charge in [0, 0.05) is 56.7 Å². The average molecular weight is 475 g/mol. The smallest absolute Gasteiger partial charge is 0.323 e.